The van der Waals surface area contributed by atoms with Crippen molar-refractivity contribution in [2.24, 2.45) is 0 Å². The molecule has 7 nitrogen and oxygen atoms in total. The Morgan fingerprint density at radius 1 is 1.09 bits per heavy atom. The van der Waals surface area contributed by atoms with Crippen molar-refractivity contribution in [3.63, 3.8) is 0 Å². The SMILES string of the molecule is C=CCN(Cc1ccc(C#N)cc1)C(=O)c1ccc2c(c1)C(=O)N(Cc1ccco1)C2=O. The van der Waals surface area contributed by atoms with Gasteiger partial charge in [-0.15, -0.1) is 6.58 Å². The van der Waals surface area contributed by atoms with E-state index in [9.17, 15) is 14.4 Å². The van der Waals surface area contributed by atoms with E-state index in [1.165, 1.54) is 18.4 Å². The van der Waals surface area contributed by atoms with Crippen LogP contribution in [0.1, 0.15) is 48.0 Å². The van der Waals surface area contributed by atoms with Crippen LogP contribution in [0.2, 0.25) is 0 Å². The van der Waals surface area contributed by atoms with Gasteiger partial charge in [0.2, 0.25) is 0 Å². The van der Waals surface area contributed by atoms with Gasteiger partial charge < -0.3 is 9.32 Å². The van der Waals surface area contributed by atoms with Gasteiger partial charge in [0.25, 0.3) is 17.7 Å². The number of carbonyl (C=O) groups is 3. The molecule has 32 heavy (non-hydrogen) atoms. The molecule has 2 aromatic carbocycles. The summed E-state index contributed by atoms with van der Waals surface area (Å²) in [6.07, 6.45) is 3.10. The predicted octanol–water partition coefficient (Wildman–Crippen LogP) is 3.78. The normalized spacial score (nSPS) is 12.4. The highest BCUT2D eigenvalue weighted by atomic mass is 16.3. The second kappa shape index (κ2) is 8.74. The summed E-state index contributed by atoms with van der Waals surface area (Å²) in [6, 6.07) is 16.9. The Kier molecular flexibility index (Phi) is 5.69. The van der Waals surface area contributed by atoms with Crippen LogP contribution in [0.15, 0.2) is 77.9 Å². The quantitative estimate of drug-likeness (QED) is 0.424. The lowest BCUT2D eigenvalue weighted by Gasteiger charge is -2.21. The summed E-state index contributed by atoms with van der Waals surface area (Å²) in [4.78, 5) is 41.4. The molecule has 0 saturated carbocycles. The molecular weight excluding hydrogens is 406 g/mol. The Hall–Kier alpha value is -4.44. The van der Waals surface area contributed by atoms with Crippen LogP contribution in [-0.4, -0.2) is 34.1 Å². The van der Waals surface area contributed by atoms with Gasteiger partial charge in [-0.2, -0.15) is 5.26 Å². The summed E-state index contributed by atoms with van der Waals surface area (Å²) < 4.78 is 5.25. The van der Waals surface area contributed by atoms with E-state index in [2.05, 4.69) is 12.6 Å². The average Bonchev–Trinajstić information content (AvgIpc) is 3.41. The zero-order chi connectivity index (χ0) is 22.7. The Morgan fingerprint density at radius 2 is 1.84 bits per heavy atom. The van der Waals surface area contributed by atoms with Gasteiger partial charge in [0.15, 0.2) is 0 Å². The molecule has 7 heteroatoms. The largest absolute Gasteiger partial charge is 0.467 e. The van der Waals surface area contributed by atoms with Crippen molar-refractivity contribution < 1.29 is 18.8 Å². The number of hydrogen-bond acceptors (Lipinski definition) is 5. The third-order valence-electron chi connectivity index (χ3n) is 5.20. The first-order chi connectivity index (χ1) is 15.5. The van der Waals surface area contributed by atoms with E-state index in [0.717, 1.165) is 10.5 Å². The maximum Gasteiger partial charge on any atom is 0.261 e. The van der Waals surface area contributed by atoms with Crippen molar-refractivity contribution in [2.45, 2.75) is 13.1 Å². The molecule has 0 unspecified atom stereocenters. The van der Waals surface area contributed by atoms with Gasteiger partial charge in [0.05, 0.1) is 35.6 Å². The van der Waals surface area contributed by atoms with E-state index < -0.39 is 11.8 Å². The number of imide groups is 1. The van der Waals surface area contributed by atoms with Crippen LogP contribution in [0.3, 0.4) is 0 Å². The van der Waals surface area contributed by atoms with E-state index in [4.69, 9.17) is 9.68 Å². The smallest absolute Gasteiger partial charge is 0.261 e. The highest BCUT2D eigenvalue weighted by Gasteiger charge is 2.36. The minimum atomic E-state index is -0.460. The number of furan rings is 1. The van der Waals surface area contributed by atoms with E-state index in [1.54, 1.807) is 53.4 Å². The summed E-state index contributed by atoms with van der Waals surface area (Å²) in [6.45, 7) is 4.36. The molecule has 0 bridgehead atoms. The third-order valence-corrected chi connectivity index (χ3v) is 5.20. The summed E-state index contributed by atoms with van der Waals surface area (Å²) in [5, 5.41) is 8.95. The van der Waals surface area contributed by atoms with Crippen LogP contribution < -0.4 is 0 Å². The molecule has 4 rings (SSSR count). The standard InChI is InChI=1S/C25H19N3O4/c1-2-11-27(15-18-7-5-17(14-26)6-8-18)23(29)19-9-10-21-22(13-19)25(31)28(24(21)30)16-20-4-3-12-32-20/h2-10,12-13H,1,11,15-16H2. The summed E-state index contributed by atoms with van der Waals surface area (Å²) in [5.74, 6) is -0.670. The van der Waals surface area contributed by atoms with Crippen LogP contribution in [0.25, 0.3) is 0 Å². The maximum atomic E-state index is 13.2. The second-order valence-corrected chi connectivity index (χ2v) is 7.32. The van der Waals surface area contributed by atoms with Gasteiger partial charge in [-0.1, -0.05) is 18.2 Å². The van der Waals surface area contributed by atoms with Crippen LogP contribution in [0.5, 0.6) is 0 Å². The number of amides is 3. The minimum absolute atomic E-state index is 0.0317. The Morgan fingerprint density at radius 3 is 2.50 bits per heavy atom. The lowest BCUT2D eigenvalue weighted by molar-refractivity contribution is 0.0631. The third kappa shape index (κ3) is 3.94. The number of nitriles is 1. The highest BCUT2D eigenvalue weighted by Crippen LogP contribution is 2.26. The summed E-state index contributed by atoms with van der Waals surface area (Å²) >= 11 is 0. The first-order valence-electron chi connectivity index (χ1n) is 9.93. The fourth-order valence-corrected chi connectivity index (χ4v) is 3.59. The zero-order valence-electron chi connectivity index (χ0n) is 17.2. The zero-order valence-corrected chi connectivity index (χ0v) is 17.2. The second-order valence-electron chi connectivity index (χ2n) is 7.32. The molecule has 1 aliphatic rings. The van der Waals surface area contributed by atoms with Crippen molar-refractivity contribution in [1.82, 2.24) is 9.80 Å². The van der Waals surface area contributed by atoms with Crippen molar-refractivity contribution in [2.75, 3.05) is 6.54 Å². The lowest BCUT2D eigenvalue weighted by atomic mass is 10.0. The number of fused-ring (bicyclic) bond motifs is 1. The van der Waals surface area contributed by atoms with Crippen LogP contribution in [0.4, 0.5) is 0 Å². The number of hydrogen-bond donors (Lipinski definition) is 0. The Labute approximate surface area is 184 Å². The molecule has 2 heterocycles. The molecule has 0 aliphatic carbocycles. The first kappa shape index (κ1) is 20.8. The van der Waals surface area contributed by atoms with Crippen molar-refractivity contribution in [3.05, 3.63) is 107 Å². The molecule has 158 valence electrons. The molecule has 3 aromatic rings. The molecule has 0 N–H and O–H groups in total. The van der Waals surface area contributed by atoms with Crippen LogP contribution >= 0.6 is 0 Å². The van der Waals surface area contributed by atoms with E-state index in [0.29, 0.717) is 30.0 Å². The van der Waals surface area contributed by atoms with Crippen molar-refractivity contribution in [3.8, 4) is 6.07 Å². The average molecular weight is 425 g/mol. The molecule has 1 aliphatic heterocycles. The predicted molar refractivity (Wildman–Crippen MR) is 115 cm³/mol. The number of nitrogens with zero attached hydrogens (tertiary/aromatic N) is 3. The molecule has 0 fully saturated rings. The molecule has 0 atom stereocenters. The summed E-state index contributed by atoms with van der Waals surface area (Å²) in [7, 11) is 0. The van der Waals surface area contributed by atoms with Gasteiger partial charge in [-0.05, 0) is 48.0 Å². The highest BCUT2D eigenvalue weighted by molar-refractivity contribution is 6.22. The van der Waals surface area contributed by atoms with Crippen molar-refractivity contribution >= 4 is 17.7 Å². The molecule has 0 spiro atoms. The van der Waals surface area contributed by atoms with Gasteiger partial charge >= 0.3 is 0 Å². The monoisotopic (exact) mass is 425 g/mol. The molecule has 0 radical (unpaired) electrons. The molecule has 0 saturated heterocycles. The van der Waals surface area contributed by atoms with E-state index in [1.807, 2.05) is 0 Å². The van der Waals surface area contributed by atoms with E-state index >= 15 is 0 Å². The van der Waals surface area contributed by atoms with Gasteiger partial charge in [-0.25, -0.2) is 0 Å². The number of rotatable bonds is 7. The molecule has 1 aromatic heterocycles. The number of carbonyl (C=O) groups excluding carboxylic acids is 3. The minimum Gasteiger partial charge on any atom is -0.467 e. The Balaban J connectivity index is 1.57. The summed E-state index contributed by atoms with van der Waals surface area (Å²) in [5.41, 5.74) is 2.16. The van der Waals surface area contributed by atoms with Gasteiger partial charge in [0, 0.05) is 18.7 Å². The molecule has 3 amide bonds. The lowest BCUT2D eigenvalue weighted by Crippen LogP contribution is -2.31. The fourth-order valence-electron chi connectivity index (χ4n) is 3.59. The van der Waals surface area contributed by atoms with Crippen LogP contribution in [0, 0.1) is 11.3 Å². The van der Waals surface area contributed by atoms with E-state index in [-0.39, 0.29) is 23.6 Å². The van der Waals surface area contributed by atoms with Crippen LogP contribution in [-0.2, 0) is 13.1 Å². The maximum absolute atomic E-state index is 13.2. The fraction of sp³-hybridized carbons (Fsp3) is 0.120. The van der Waals surface area contributed by atoms with Gasteiger partial charge in [0.1, 0.15) is 5.76 Å². The topological polar surface area (TPSA) is 94.6 Å². The molecular formula is C25H19N3O4. The number of benzene rings is 2. The van der Waals surface area contributed by atoms with Gasteiger partial charge in [-0.3, -0.25) is 19.3 Å². The van der Waals surface area contributed by atoms with Crippen molar-refractivity contribution in [1.29, 1.82) is 5.26 Å². The Bertz CT molecular complexity index is 1240. The first-order valence-corrected chi connectivity index (χ1v) is 9.93.